The molecule has 0 aromatic heterocycles. The number of rotatable bonds is 8. The average Bonchev–Trinajstić information content (AvgIpc) is 3.46. The highest BCUT2D eigenvalue weighted by Crippen LogP contribution is 2.28. The van der Waals surface area contributed by atoms with Crippen LogP contribution in [-0.2, 0) is 21.2 Å². The van der Waals surface area contributed by atoms with E-state index in [0.29, 0.717) is 23.7 Å². The van der Waals surface area contributed by atoms with E-state index in [1.165, 1.54) is 24.3 Å². The number of aliphatic carboxylic acids is 1. The van der Waals surface area contributed by atoms with E-state index in [1.54, 1.807) is 24.3 Å². The number of sulfonamides is 1. The second kappa shape index (κ2) is 7.89. The number of para-hydroxylation sites is 1. The summed E-state index contributed by atoms with van der Waals surface area (Å²) in [5.41, 5.74) is 1.02. The van der Waals surface area contributed by atoms with Gasteiger partial charge in [0.25, 0.3) is 5.91 Å². The normalized spacial score (nSPS) is 13.9. The van der Waals surface area contributed by atoms with E-state index in [4.69, 9.17) is 5.11 Å². The lowest BCUT2D eigenvalue weighted by Crippen LogP contribution is -2.26. The van der Waals surface area contributed by atoms with Gasteiger partial charge in [-0.15, -0.1) is 0 Å². The molecule has 1 saturated carbocycles. The quantitative estimate of drug-likeness (QED) is 0.642. The van der Waals surface area contributed by atoms with Crippen molar-refractivity contribution in [3.8, 4) is 0 Å². The summed E-state index contributed by atoms with van der Waals surface area (Å²) in [6, 6.07) is 12.4. The molecule has 0 atom stereocenters. The summed E-state index contributed by atoms with van der Waals surface area (Å²) in [7, 11) is -3.68. The van der Waals surface area contributed by atoms with Crippen LogP contribution in [-0.4, -0.2) is 31.9 Å². The van der Waals surface area contributed by atoms with Gasteiger partial charge in [-0.05, 0) is 48.6 Å². The minimum Gasteiger partial charge on any atom is -0.481 e. The van der Waals surface area contributed by atoms with Gasteiger partial charge in [-0.3, -0.25) is 9.59 Å². The van der Waals surface area contributed by atoms with Crippen LogP contribution >= 0.6 is 0 Å². The maximum absolute atomic E-state index is 12.5. The minimum absolute atomic E-state index is 0.0228. The first-order valence-electron chi connectivity index (χ1n) is 8.56. The van der Waals surface area contributed by atoms with Gasteiger partial charge in [-0.1, -0.05) is 24.3 Å². The predicted molar refractivity (Wildman–Crippen MR) is 100 cm³/mol. The summed E-state index contributed by atoms with van der Waals surface area (Å²) in [5, 5.41) is 11.6. The van der Waals surface area contributed by atoms with Crippen LogP contribution in [0.15, 0.2) is 53.4 Å². The summed E-state index contributed by atoms with van der Waals surface area (Å²) in [5.74, 6) is -1.12. The van der Waals surface area contributed by atoms with Gasteiger partial charge in [0.2, 0.25) is 10.0 Å². The zero-order valence-electron chi connectivity index (χ0n) is 14.5. The summed E-state index contributed by atoms with van der Waals surface area (Å²) < 4.78 is 27.3. The molecule has 0 saturated heterocycles. The summed E-state index contributed by atoms with van der Waals surface area (Å²) >= 11 is 0. The van der Waals surface area contributed by atoms with Gasteiger partial charge in [0.15, 0.2) is 0 Å². The van der Waals surface area contributed by atoms with Crippen molar-refractivity contribution in [3.63, 3.8) is 0 Å². The van der Waals surface area contributed by atoms with Crippen LogP contribution in [0.25, 0.3) is 0 Å². The number of carbonyl (C=O) groups excluding carboxylic acids is 1. The predicted octanol–water partition coefficient (Wildman–Crippen LogP) is 2.25. The number of amides is 1. The molecule has 1 aliphatic rings. The monoisotopic (exact) mass is 388 g/mol. The number of carboxylic acids is 1. The molecule has 7 nitrogen and oxygen atoms in total. The van der Waals surface area contributed by atoms with Crippen LogP contribution in [0.1, 0.15) is 28.8 Å². The van der Waals surface area contributed by atoms with Gasteiger partial charge in [0.05, 0.1) is 11.3 Å². The van der Waals surface area contributed by atoms with E-state index in [-0.39, 0.29) is 16.9 Å². The van der Waals surface area contributed by atoms with E-state index in [0.717, 1.165) is 12.8 Å². The molecular formula is C19H20N2O5S. The number of carboxylic acid groups (broad SMARTS) is 1. The number of hydrogen-bond donors (Lipinski definition) is 3. The fraction of sp³-hybridized carbons (Fsp3) is 0.263. The Morgan fingerprint density at radius 2 is 1.81 bits per heavy atom. The van der Waals surface area contributed by atoms with Crippen LogP contribution in [0, 0.1) is 5.92 Å². The molecule has 0 heterocycles. The Bertz CT molecular complexity index is 968. The minimum atomic E-state index is -3.68. The van der Waals surface area contributed by atoms with Crippen LogP contribution in [0.5, 0.6) is 0 Å². The van der Waals surface area contributed by atoms with Crippen molar-refractivity contribution in [1.29, 1.82) is 0 Å². The maximum atomic E-state index is 12.5. The van der Waals surface area contributed by atoms with E-state index >= 15 is 0 Å². The Balaban J connectivity index is 1.77. The third-order valence-electron chi connectivity index (χ3n) is 4.27. The smallest absolute Gasteiger partial charge is 0.307 e. The summed E-state index contributed by atoms with van der Waals surface area (Å²) in [4.78, 5) is 23.5. The largest absolute Gasteiger partial charge is 0.481 e. The number of nitrogens with one attached hydrogen (secondary N) is 2. The van der Waals surface area contributed by atoms with Gasteiger partial charge in [0, 0.05) is 17.8 Å². The molecule has 3 N–H and O–H groups in total. The van der Waals surface area contributed by atoms with Crippen molar-refractivity contribution >= 4 is 27.6 Å². The maximum Gasteiger partial charge on any atom is 0.307 e. The highest BCUT2D eigenvalue weighted by atomic mass is 32.2. The van der Waals surface area contributed by atoms with Crippen molar-refractivity contribution in [2.45, 2.75) is 24.2 Å². The molecular weight excluding hydrogens is 368 g/mol. The Morgan fingerprint density at radius 1 is 1.07 bits per heavy atom. The molecule has 3 rings (SSSR count). The van der Waals surface area contributed by atoms with Crippen LogP contribution in [0.3, 0.4) is 0 Å². The second-order valence-corrected chi connectivity index (χ2v) is 8.27. The van der Waals surface area contributed by atoms with E-state index < -0.39 is 21.9 Å². The molecule has 27 heavy (non-hydrogen) atoms. The Morgan fingerprint density at radius 3 is 2.52 bits per heavy atom. The van der Waals surface area contributed by atoms with Crippen molar-refractivity contribution in [2.75, 3.05) is 11.9 Å². The standard InChI is InChI=1S/C19H20N2O5S/c22-18(23)11-14-4-1-2-7-17(14)21-19(24)15-5-3-6-16(10-15)27(25,26)20-12-13-8-9-13/h1-7,10,13,20H,8-9,11-12H2,(H,21,24)(H,22,23). The molecule has 0 spiro atoms. The van der Waals surface area contributed by atoms with Gasteiger partial charge in [-0.2, -0.15) is 0 Å². The van der Waals surface area contributed by atoms with Gasteiger partial charge in [0.1, 0.15) is 0 Å². The first kappa shape index (κ1) is 19.1. The first-order chi connectivity index (χ1) is 12.8. The number of hydrogen-bond acceptors (Lipinski definition) is 4. The number of anilines is 1. The van der Waals surface area contributed by atoms with E-state index in [9.17, 15) is 18.0 Å². The van der Waals surface area contributed by atoms with Crippen molar-refractivity contribution in [1.82, 2.24) is 4.72 Å². The fourth-order valence-corrected chi connectivity index (χ4v) is 3.75. The first-order valence-corrected chi connectivity index (χ1v) is 10.0. The molecule has 2 aromatic carbocycles. The number of carbonyl (C=O) groups is 2. The Kier molecular flexibility index (Phi) is 5.57. The van der Waals surface area contributed by atoms with Crippen molar-refractivity contribution < 1.29 is 23.1 Å². The number of benzene rings is 2. The molecule has 8 heteroatoms. The topological polar surface area (TPSA) is 113 Å². The lowest BCUT2D eigenvalue weighted by atomic mass is 10.1. The molecule has 2 aromatic rings. The third-order valence-corrected chi connectivity index (χ3v) is 5.69. The lowest BCUT2D eigenvalue weighted by molar-refractivity contribution is -0.136. The molecule has 142 valence electrons. The zero-order valence-corrected chi connectivity index (χ0v) is 15.3. The molecule has 0 aliphatic heterocycles. The van der Waals surface area contributed by atoms with Crippen LogP contribution < -0.4 is 10.0 Å². The average molecular weight is 388 g/mol. The van der Waals surface area contributed by atoms with Gasteiger partial charge in [-0.25, -0.2) is 13.1 Å². The van der Waals surface area contributed by atoms with E-state index in [1.807, 2.05) is 0 Å². The summed E-state index contributed by atoms with van der Waals surface area (Å²) in [6.45, 7) is 0.404. The van der Waals surface area contributed by atoms with E-state index in [2.05, 4.69) is 10.0 Å². The highest BCUT2D eigenvalue weighted by Gasteiger charge is 2.24. The second-order valence-electron chi connectivity index (χ2n) is 6.50. The van der Waals surface area contributed by atoms with Crippen molar-refractivity contribution in [2.24, 2.45) is 5.92 Å². The fourth-order valence-electron chi connectivity index (χ4n) is 2.59. The Labute approximate surface area is 157 Å². The molecule has 1 amide bonds. The van der Waals surface area contributed by atoms with Crippen LogP contribution in [0.2, 0.25) is 0 Å². The zero-order chi connectivity index (χ0) is 19.4. The molecule has 0 radical (unpaired) electrons. The molecule has 1 fully saturated rings. The molecule has 0 bridgehead atoms. The van der Waals surface area contributed by atoms with Crippen LogP contribution in [0.4, 0.5) is 5.69 Å². The van der Waals surface area contributed by atoms with Gasteiger partial charge < -0.3 is 10.4 Å². The molecule has 1 aliphatic carbocycles. The van der Waals surface area contributed by atoms with Crippen molar-refractivity contribution in [3.05, 3.63) is 59.7 Å². The Hall–Kier alpha value is -2.71. The molecule has 0 unspecified atom stereocenters. The lowest BCUT2D eigenvalue weighted by Gasteiger charge is -2.11. The SMILES string of the molecule is O=C(O)Cc1ccccc1NC(=O)c1cccc(S(=O)(=O)NCC2CC2)c1. The third kappa shape index (κ3) is 5.15. The summed E-state index contributed by atoms with van der Waals surface area (Å²) in [6.07, 6.45) is 1.83. The van der Waals surface area contributed by atoms with Gasteiger partial charge >= 0.3 is 5.97 Å². The highest BCUT2D eigenvalue weighted by molar-refractivity contribution is 7.89.